The predicted molar refractivity (Wildman–Crippen MR) is 76.3 cm³/mol. The molecule has 3 N–H and O–H groups in total. The average molecular weight is 425 g/mol. The van der Waals surface area contributed by atoms with E-state index in [1.54, 1.807) is 0 Å². The Balaban J connectivity index is 1.76. The first-order valence-electron chi connectivity index (χ1n) is 7.09. The highest BCUT2D eigenvalue weighted by Gasteiger charge is 2.44. The third-order valence-electron chi connectivity index (χ3n) is 3.57. The van der Waals surface area contributed by atoms with Gasteiger partial charge >= 0.3 is 0 Å². The molecule has 150 valence electrons. The first kappa shape index (κ1) is 20.2. The third kappa shape index (κ3) is 4.33. The van der Waals surface area contributed by atoms with E-state index >= 15 is 0 Å². The van der Waals surface area contributed by atoms with E-state index in [0.717, 1.165) is 17.2 Å². The van der Waals surface area contributed by atoms with Crippen molar-refractivity contribution in [2.24, 2.45) is 0 Å². The summed E-state index contributed by atoms with van der Waals surface area (Å²) in [6.45, 7) is -0.962. The molecule has 0 aliphatic carbocycles. The van der Waals surface area contributed by atoms with Gasteiger partial charge in [-0.2, -0.15) is 0 Å². The Morgan fingerprint density at radius 3 is 2.63 bits per heavy atom. The minimum absolute atomic E-state index is 0.0213. The fourth-order valence-corrected chi connectivity index (χ4v) is 3.95. The van der Waals surface area contributed by atoms with Gasteiger partial charge in [-0.05, 0) is 0 Å². The van der Waals surface area contributed by atoms with Crippen LogP contribution in [0.5, 0.6) is 0 Å². The molecule has 5 atom stereocenters. The molecule has 1 aliphatic heterocycles. The van der Waals surface area contributed by atoms with Gasteiger partial charge in [-0.1, -0.05) is 0 Å². The Labute approximate surface area is 149 Å². The number of aliphatic hydroxyl groups excluding tert-OH is 2. The average Bonchev–Trinajstić information content (AvgIpc) is 3.07. The van der Waals surface area contributed by atoms with Crippen LogP contribution in [0.25, 0.3) is 11.2 Å². The molecule has 0 amide bonds. The van der Waals surface area contributed by atoms with Crippen molar-refractivity contribution in [3.05, 3.63) is 23.0 Å². The summed E-state index contributed by atoms with van der Waals surface area (Å²) in [7, 11) is -11.4. The summed E-state index contributed by atoms with van der Waals surface area (Å²) in [6, 6.07) is 0. The molecule has 0 aromatic carbocycles. The van der Waals surface area contributed by atoms with Crippen molar-refractivity contribution in [3.63, 3.8) is 0 Å². The summed E-state index contributed by atoms with van der Waals surface area (Å²) in [5.41, 5.74) is -0.606. The van der Waals surface area contributed by atoms with Gasteiger partial charge in [0.05, 0.1) is 27.1 Å². The number of phosphoric ester groups is 1. The number of H-pyrrole nitrogens is 1. The maximum absolute atomic E-state index is 11.6. The van der Waals surface area contributed by atoms with Crippen LogP contribution in [0.4, 0.5) is 0 Å². The van der Waals surface area contributed by atoms with Gasteiger partial charge in [0.15, 0.2) is 17.4 Å². The van der Waals surface area contributed by atoms with Crippen molar-refractivity contribution in [2.75, 3.05) is 6.61 Å². The number of nitrogens with one attached hydrogen (secondary N) is 1. The number of rotatable bonds is 6. The van der Waals surface area contributed by atoms with E-state index in [1.807, 2.05) is 0 Å². The van der Waals surface area contributed by atoms with Crippen molar-refractivity contribution in [1.82, 2.24) is 19.5 Å². The second-order valence-electron chi connectivity index (χ2n) is 5.37. The second kappa shape index (κ2) is 7.14. The van der Waals surface area contributed by atoms with E-state index in [9.17, 15) is 38.8 Å². The highest BCUT2D eigenvalue weighted by Crippen LogP contribution is 2.50. The number of aromatic amines is 1. The number of phosphoric acid groups is 2. The highest BCUT2D eigenvalue weighted by atomic mass is 31.3. The second-order valence-corrected chi connectivity index (χ2v) is 8.07. The van der Waals surface area contributed by atoms with Crippen molar-refractivity contribution in [1.29, 1.82) is 0 Å². The molecular weight excluding hydrogens is 414 g/mol. The molecule has 27 heavy (non-hydrogen) atoms. The number of nitrogens with zero attached hydrogens (tertiary/aromatic N) is 3. The smallest absolute Gasteiger partial charge is 0.278 e. The van der Waals surface area contributed by atoms with E-state index in [2.05, 4.69) is 23.8 Å². The zero-order chi connectivity index (χ0) is 20.0. The van der Waals surface area contributed by atoms with E-state index in [-0.39, 0.29) is 11.2 Å². The largest absolute Gasteiger partial charge is 0.790 e. The molecule has 0 spiro atoms. The van der Waals surface area contributed by atoms with Gasteiger partial charge in [0, 0.05) is 0 Å². The van der Waals surface area contributed by atoms with Crippen molar-refractivity contribution in [2.45, 2.75) is 24.5 Å². The molecule has 15 nitrogen and oxygen atoms in total. The van der Waals surface area contributed by atoms with Crippen LogP contribution in [0.3, 0.4) is 0 Å². The summed E-state index contributed by atoms with van der Waals surface area (Å²) >= 11 is 0. The maximum atomic E-state index is 11.6. The number of hydrogen-bond donors (Lipinski definition) is 3. The van der Waals surface area contributed by atoms with Crippen LogP contribution in [0.1, 0.15) is 6.23 Å². The first-order valence-corrected chi connectivity index (χ1v) is 10.0. The Kier molecular flexibility index (Phi) is 5.35. The van der Waals surface area contributed by atoms with E-state index in [1.165, 1.54) is 0 Å². The normalized spacial score (nSPS) is 28.5. The van der Waals surface area contributed by atoms with Crippen LogP contribution in [-0.2, 0) is 22.7 Å². The standard InChI is InChI=1S/C10H14N4O11P2/c15-6-4(1-23-27(21,22)25-26(18,19)20)24-10(7(6)16)14-3-13-5-8(14)11-2-12-9(5)17/h2-4,6-7,10,15-16H,1H2,(H,21,22)(H,11,12,17)(H2,18,19,20)/p-3. The lowest BCUT2D eigenvalue weighted by Crippen LogP contribution is -2.34. The zero-order valence-electron chi connectivity index (χ0n) is 13.0. The Morgan fingerprint density at radius 2 is 1.96 bits per heavy atom. The summed E-state index contributed by atoms with van der Waals surface area (Å²) in [4.78, 5) is 53.6. The van der Waals surface area contributed by atoms with Crippen LogP contribution >= 0.6 is 15.6 Å². The van der Waals surface area contributed by atoms with Gasteiger partial charge in [-0.15, -0.1) is 0 Å². The van der Waals surface area contributed by atoms with Crippen molar-refractivity contribution < 1.29 is 47.6 Å². The maximum Gasteiger partial charge on any atom is 0.278 e. The minimum Gasteiger partial charge on any atom is -0.790 e. The summed E-state index contributed by atoms with van der Waals surface area (Å²) in [5.74, 6) is 0. The number of aliphatic hydroxyl groups is 2. The fourth-order valence-electron chi connectivity index (χ4n) is 2.46. The molecular formula is C10H11N4O11P2-3. The summed E-state index contributed by atoms with van der Waals surface area (Å²) in [6.07, 6.45) is -3.84. The lowest BCUT2D eigenvalue weighted by atomic mass is 10.1. The molecule has 1 fully saturated rings. The number of aromatic nitrogens is 4. The number of ether oxygens (including phenoxy) is 1. The molecule has 2 aromatic heterocycles. The molecule has 0 bridgehead atoms. The van der Waals surface area contributed by atoms with Crippen molar-refractivity contribution >= 4 is 26.8 Å². The molecule has 3 rings (SSSR count). The topological polar surface area (TPSA) is 235 Å². The van der Waals surface area contributed by atoms with Crippen LogP contribution in [0.2, 0.25) is 0 Å². The lowest BCUT2D eigenvalue weighted by Gasteiger charge is -2.35. The van der Waals surface area contributed by atoms with Crippen LogP contribution in [0.15, 0.2) is 17.4 Å². The van der Waals surface area contributed by atoms with Gasteiger partial charge in [-0.25, -0.2) is 9.97 Å². The van der Waals surface area contributed by atoms with Gasteiger partial charge in [0.1, 0.15) is 18.3 Å². The molecule has 1 saturated heterocycles. The van der Waals surface area contributed by atoms with Gasteiger partial charge < -0.3 is 43.7 Å². The van der Waals surface area contributed by atoms with Crippen LogP contribution in [0, 0.1) is 0 Å². The molecule has 0 radical (unpaired) electrons. The SMILES string of the molecule is O=c1[nH]cnc2c1ncn2C1OC(COP(=O)([O-])OP(=O)([O-])[O-])C(O)C1O. The fraction of sp³-hybridized carbons (Fsp3) is 0.500. The van der Waals surface area contributed by atoms with Crippen molar-refractivity contribution in [3.8, 4) is 0 Å². The van der Waals surface area contributed by atoms with Crippen LogP contribution in [-0.4, -0.2) is 54.7 Å². The van der Waals surface area contributed by atoms with E-state index in [0.29, 0.717) is 0 Å². The summed E-state index contributed by atoms with van der Waals surface area (Å²) in [5, 5.41) is 20.1. The molecule has 17 heteroatoms. The monoisotopic (exact) mass is 425 g/mol. The Hall–Kier alpha value is -1.51. The summed E-state index contributed by atoms with van der Waals surface area (Å²) < 4.78 is 35.5. The molecule has 1 aliphatic rings. The van der Waals surface area contributed by atoms with Gasteiger partial charge in [-0.3, -0.25) is 18.2 Å². The van der Waals surface area contributed by atoms with Crippen LogP contribution < -0.4 is 20.2 Å². The molecule has 2 aromatic rings. The highest BCUT2D eigenvalue weighted by molar-refractivity contribution is 7.58. The third-order valence-corrected chi connectivity index (χ3v) is 5.64. The van der Waals surface area contributed by atoms with E-state index < -0.39 is 52.4 Å². The molecule has 0 saturated carbocycles. The number of hydrogen-bond acceptors (Lipinski definition) is 13. The van der Waals surface area contributed by atoms with E-state index in [4.69, 9.17) is 4.74 Å². The lowest BCUT2D eigenvalue weighted by molar-refractivity contribution is -0.339. The molecule has 3 heterocycles. The zero-order valence-corrected chi connectivity index (χ0v) is 14.8. The Bertz CT molecular complexity index is 985. The molecule has 5 unspecified atom stereocenters. The number of fused-ring (bicyclic) bond motifs is 1. The first-order chi connectivity index (χ1) is 12.5. The number of imidazole rings is 1. The van der Waals surface area contributed by atoms with Gasteiger partial charge in [0.2, 0.25) is 0 Å². The minimum atomic E-state index is -5.87. The Morgan fingerprint density at radius 1 is 1.26 bits per heavy atom. The quantitative estimate of drug-likeness (QED) is 0.375. The van der Waals surface area contributed by atoms with Gasteiger partial charge in [0.25, 0.3) is 13.4 Å². The predicted octanol–water partition coefficient (Wildman–Crippen LogP) is -3.93.